The van der Waals surface area contributed by atoms with E-state index in [-0.39, 0.29) is 5.91 Å². The number of nitrogens with zero attached hydrogens (tertiary/aromatic N) is 2. The Hall–Kier alpha value is -2.83. The Morgan fingerprint density at radius 3 is 2.86 bits per heavy atom. The number of rotatable bonds is 3. The van der Waals surface area contributed by atoms with Crippen LogP contribution in [0, 0.1) is 0 Å². The summed E-state index contributed by atoms with van der Waals surface area (Å²) in [6, 6.07) is 10.4. The summed E-state index contributed by atoms with van der Waals surface area (Å²) in [7, 11) is 0. The first kappa shape index (κ1) is 14.1. The molecule has 7 heteroatoms. The lowest BCUT2D eigenvalue weighted by molar-refractivity contribution is -0.124. The number of piperidine rings is 1. The third kappa shape index (κ3) is 3.25. The van der Waals surface area contributed by atoms with Crippen molar-refractivity contribution in [2.24, 2.45) is 0 Å². The summed E-state index contributed by atoms with van der Waals surface area (Å²) in [6.45, 7) is 0.667. The number of aromatic nitrogens is 2. The van der Waals surface area contributed by atoms with Crippen LogP contribution < -0.4 is 16.0 Å². The molecule has 2 heterocycles. The highest BCUT2D eigenvalue weighted by atomic mass is 16.2. The monoisotopic (exact) mass is 299 g/mol. The van der Waals surface area contributed by atoms with Crippen molar-refractivity contribution in [2.45, 2.75) is 18.9 Å². The highest BCUT2D eigenvalue weighted by molar-refractivity contribution is 5.93. The molecular weight excluding hydrogens is 282 g/mol. The molecule has 1 atom stereocenters. The number of hydrogen-bond acceptors (Lipinski definition) is 3. The van der Waals surface area contributed by atoms with Crippen LogP contribution in [0.25, 0.3) is 5.69 Å². The molecule has 22 heavy (non-hydrogen) atoms. The van der Waals surface area contributed by atoms with Gasteiger partial charge in [-0.25, -0.2) is 9.48 Å². The number of para-hydroxylation sites is 1. The van der Waals surface area contributed by atoms with Crippen LogP contribution in [0.1, 0.15) is 12.8 Å². The Morgan fingerprint density at radius 1 is 1.27 bits per heavy atom. The van der Waals surface area contributed by atoms with E-state index in [1.165, 1.54) is 0 Å². The van der Waals surface area contributed by atoms with Crippen LogP contribution in [0.4, 0.5) is 10.6 Å². The maximum absolute atomic E-state index is 11.9. The molecule has 1 aliphatic rings. The maximum Gasteiger partial charge on any atom is 0.321 e. The first-order chi connectivity index (χ1) is 10.7. The quantitative estimate of drug-likeness (QED) is 0.797. The number of hydrogen-bond donors (Lipinski definition) is 3. The van der Waals surface area contributed by atoms with Crippen molar-refractivity contribution >= 4 is 17.8 Å². The second-order valence-corrected chi connectivity index (χ2v) is 5.07. The maximum atomic E-state index is 11.9. The average molecular weight is 299 g/mol. The van der Waals surface area contributed by atoms with Crippen molar-refractivity contribution in [3.05, 3.63) is 42.6 Å². The molecule has 1 fully saturated rings. The predicted molar refractivity (Wildman–Crippen MR) is 81.8 cm³/mol. The Balaban J connectivity index is 1.60. The Bertz CT molecular complexity index is 668. The molecule has 0 aliphatic carbocycles. The van der Waals surface area contributed by atoms with E-state index < -0.39 is 12.1 Å². The standard InChI is InChI=1S/C15H17N5O2/c21-14-12(7-4-9-16-14)17-15(22)18-13-8-10-20(19-13)11-5-2-1-3-6-11/h1-3,5-6,8,10,12H,4,7,9H2,(H,16,21)(H2,17,18,19,22)/t12-/m0/s1. The van der Waals surface area contributed by atoms with Crippen LogP contribution in [-0.4, -0.2) is 34.3 Å². The van der Waals surface area contributed by atoms with Crippen molar-refractivity contribution in [2.75, 3.05) is 11.9 Å². The zero-order valence-corrected chi connectivity index (χ0v) is 12.0. The van der Waals surface area contributed by atoms with Gasteiger partial charge in [0, 0.05) is 18.8 Å². The van der Waals surface area contributed by atoms with Crippen molar-refractivity contribution in [1.82, 2.24) is 20.4 Å². The molecule has 0 radical (unpaired) electrons. The fourth-order valence-corrected chi connectivity index (χ4v) is 2.34. The number of anilines is 1. The molecule has 0 saturated carbocycles. The van der Waals surface area contributed by atoms with E-state index in [0.29, 0.717) is 18.8 Å². The largest absolute Gasteiger partial charge is 0.354 e. The van der Waals surface area contributed by atoms with Crippen molar-refractivity contribution < 1.29 is 9.59 Å². The van der Waals surface area contributed by atoms with Crippen molar-refractivity contribution in [3.63, 3.8) is 0 Å². The van der Waals surface area contributed by atoms with E-state index in [9.17, 15) is 9.59 Å². The summed E-state index contributed by atoms with van der Waals surface area (Å²) in [4.78, 5) is 23.5. The molecule has 1 aromatic heterocycles. The second-order valence-electron chi connectivity index (χ2n) is 5.07. The van der Waals surface area contributed by atoms with Gasteiger partial charge in [0.2, 0.25) is 5.91 Å². The Kier molecular flexibility index (Phi) is 4.04. The Morgan fingerprint density at radius 2 is 2.09 bits per heavy atom. The van der Waals surface area contributed by atoms with Gasteiger partial charge in [0.25, 0.3) is 0 Å². The lowest BCUT2D eigenvalue weighted by atomic mass is 10.1. The second kappa shape index (κ2) is 6.30. The molecule has 1 aliphatic heterocycles. The average Bonchev–Trinajstić information content (AvgIpc) is 2.99. The van der Waals surface area contributed by atoms with Gasteiger partial charge in [-0.15, -0.1) is 5.10 Å². The van der Waals surface area contributed by atoms with Gasteiger partial charge in [-0.05, 0) is 25.0 Å². The third-order valence-corrected chi connectivity index (χ3v) is 3.44. The molecule has 0 spiro atoms. The number of urea groups is 1. The van der Waals surface area contributed by atoms with Gasteiger partial charge in [0.15, 0.2) is 5.82 Å². The number of carbonyl (C=O) groups is 2. The van der Waals surface area contributed by atoms with Crippen LogP contribution in [-0.2, 0) is 4.79 Å². The first-order valence-electron chi connectivity index (χ1n) is 7.19. The predicted octanol–water partition coefficient (Wildman–Crippen LogP) is 1.27. The lowest BCUT2D eigenvalue weighted by Crippen LogP contribution is -2.51. The molecule has 1 aromatic carbocycles. The molecule has 114 valence electrons. The van der Waals surface area contributed by atoms with Gasteiger partial charge >= 0.3 is 6.03 Å². The SMILES string of the molecule is O=C(Nc1ccn(-c2ccccc2)n1)N[C@H]1CCCNC1=O. The zero-order chi connectivity index (χ0) is 15.4. The van der Waals surface area contributed by atoms with Crippen LogP contribution in [0.3, 0.4) is 0 Å². The van der Waals surface area contributed by atoms with Gasteiger partial charge in [0.1, 0.15) is 6.04 Å². The summed E-state index contributed by atoms with van der Waals surface area (Å²) in [5, 5.41) is 12.3. The van der Waals surface area contributed by atoms with E-state index in [1.807, 2.05) is 30.3 Å². The van der Waals surface area contributed by atoms with Crippen LogP contribution in [0.5, 0.6) is 0 Å². The summed E-state index contributed by atoms with van der Waals surface area (Å²) in [5.41, 5.74) is 0.905. The van der Waals surface area contributed by atoms with Gasteiger partial charge in [-0.2, -0.15) is 0 Å². The van der Waals surface area contributed by atoms with Crippen LogP contribution in [0.15, 0.2) is 42.6 Å². The molecule has 3 amide bonds. The number of carbonyl (C=O) groups excluding carboxylic acids is 2. The van der Waals surface area contributed by atoms with Crippen molar-refractivity contribution in [3.8, 4) is 5.69 Å². The molecule has 7 nitrogen and oxygen atoms in total. The van der Waals surface area contributed by atoms with Crippen molar-refractivity contribution in [1.29, 1.82) is 0 Å². The number of nitrogens with one attached hydrogen (secondary N) is 3. The van der Waals surface area contributed by atoms with Gasteiger partial charge < -0.3 is 10.6 Å². The molecule has 3 N–H and O–H groups in total. The van der Waals surface area contributed by atoms with Gasteiger partial charge in [-0.1, -0.05) is 18.2 Å². The normalized spacial score (nSPS) is 17.6. The van der Waals surface area contributed by atoms with E-state index >= 15 is 0 Å². The van der Waals surface area contributed by atoms with E-state index in [0.717, 1.165) is 12.1 Å². The lowest BCUT2D eigenvalue weighted by Gasteiger charge is -2.22. The van der Waals surface area contributed by atoms with Gasteiger partial charge in [-0.3, -0.25) is 10.1 Å². The highest BCUT2D eigenvalue weighted by Gasteiger charge is 2.23. The minimum atomic E-state index is -0.482. The third-order valence-electron chi connectivity index (χ3n) is 3.44. The van der Waals surface area contributed by atoms with E-state index in [2.05, 4.69) is 21.0 Å². The number of benzene rings is 1. The summed E-state index contributed by atoms with van der Waals surface area (Å²) < 4.78 is 1.67. The van der Waals surface area contributed by atoms with Gasteiger partial charge in [0.05, 0.1) is 5.69 Å². The van der Waals surface area contributed by atoms with E-state index in [4.69, 9.17) is 0 Å². The first-order valence-corrected chi connectivity index (χ1v) is 7.19. The molecule has 2 aromatic rings. The fraction of sp³-hybridized carbons (Fsp3) is 0.267. The molecular formula is C15H17N5O2. The van der Waals surface area contributed by atoms with E-state index in [1.54, 1.807) is 16.9 Å². The fourth-order valence-electron chi connectivity index (χ4n) is 2.34. The molecule has 1 saturated heterocycles. The minimum absolute atomic E-state index is 0.142. The number of amides is 3. The molecule has 3 rings (SSSR count). The molecule has 0 bridgehead atoms. The molecule has 0 unspecified atom stereocenters. The minimum Gasteiger partial charge on any atom is -0.354 e. The topological polar surface area (TPSA) is 88.1 Å². The smallest absolute Gasteiger partial charge is 0.321 e. The zero-order valence-electron chi connectivity index (χ0n) is 12.0. The highest BCUT2D eigenvalue weighted by Crippen LogP contribution is 2.10. The van der Waals surface area contributed by atoms with Crippen LogP contribution in [0.2, 0.25) is 0 Å². The summed E-state index contributed by atoms with van der Waals surface area (Å²) >= 11 is 0. The Labute approximate surface area is 127 Å². The summed E-state index contributed by atoms with van der Waals surface area (Å²) in [6.07, 6.45) is 3.27. The van der Waals surface area contributed by atoms with Crippen LogP contribution >= 0.6 is 0 Å². The summed E-state index contributed by atoms with van der Waals surface area (Å²) in [5.74, 6) is 0.286.